The summed E-state index contributed by atoms with van der Waals surface area (Å²) < 4.78 is 0. The average molecular weight is 248 g/mol. The van der Waals surface area contributed by atoms with Crippen LogP contribution in [0, 0.1) is 0 Å². The van der Waals surface area contributed by atoms with Gasteiger partial charge in [0.2, 0.25) is 0 Å². The van der Waals surface area contributed by atoms with Crippen LogP contribution in [0.3, 0.4) is 0 Å². The summed E-state index contributed by atoms with van der Waals surface area (Å²) in [5, 5.41) is 13.0. The molecule has 84 valence electrons. The third-order valence-corrected chi connectivity index (χ3v) is 2.83. The Morgan fingerprint density at radius 3 is 2.60 bits per heavy atom. The van der Waals surface area contributed by atoms with Crippen LogP contribution in [0.15, 0.2) is 18.2 Å². The molecule has 0 aliphatic heterocycles. The third-order valence-electron chi connectivity index (χ3n) is 2.09. The standard InChI is InChI=1S/C11H15Cl2NO/c12-10-3-2-9(8-11(10)13)4-6-14-5-1-7-15/h2-3,8,14-15H,1,4-7H2. The normalized spacial score (nSPS) is 10.6. The molecule has 0 saturated heterocycles. The van der Waals surface area contributed by atoms with E-state index in [0.717, 1.165) is 25.9 Å². The third kappa shape index (κ3) is 4.85. The first-order chi connectivity index (χ1) is 7.24. The highest BCUT2D eigenvalue weighted by Gasteiger charge is 1.98. The Bertz CT molecular complexity index is 305. The van der Waals surface area contributed by atoms with E-state index in [1.165, 1.54) is 5.56 Å². The lowest BCUT2D eigenvalue weighted by atomic mass is 10.1. The molecule has 1 aromatic rings. The smallest absolute Gasteiger partial charge is 0.0595 e. The Balaban J connectivity index is 2.28. The molecule has 0 fully saturated rings. The molecule has 0 aliphatic rings. The fourth-order valence-corrected chi connectivity index (χ4v) is 1.58. The Hall–Kier alpha value is -0.280. The second-order valence-electron chi connectivity index (χ2n) is 3.33. The maximum absolute atomic E-state index is 8.58. The molecule has 4 heteroatoms. The van der Waals surface area contributed by atoms with Crippen LogP contribution in [0.2, 0.25) is 10.0 Å². The fourth-order valence-electron chi connectivity index (χ4n) is 1.26. The summed E-state index contributed by atoms with van der Waals surface area (Å²) in [5.41, 5.74) is 1.17. The van der Waals surface area contributed by atoms with Gasteiger partial charge in [-0.15, -0.1) is 0 Å². The summed E-state index contributed by atoms with van der Waals surface area (Å²) >= 11 is 11.7. The molecule has 0 amide bonds. The fraction of sp³-hybridized carbons (Fsp3) is 0.455. The van der Waals surface area contributed by atoms with Crippen molar-refractivity contribution in [3.63, 3.8) is 0 Å². The van der Waals surface area contributed by atoms with E-state index in [2.05, 4.69) is 5.32 Å². The summed E-state index contributed by atoms with van der Waals surface area (Å²) in [6.45, 7) is 1.97. The Labute approximate surface area is 100 Å². The maximum Gasteiger partial charge on any atom is 0.0595 e. The lowest BCUT2D eigenvalue weighted by molar-refractivity contribution is 0.286. The number of aliphatic hydroxyl groups excluding tert-OH is 1. The van der Waals surface area contributed by atoms with Gasteiger partial charge in [0.15, 0.2) is 0 Å². The number of rotatable bonds is 6. The highest BCUT2D eigenvalue weighted by atomic mass is 35.5. The maximum atomic E-state index is 8.58. The molecule has 0 unspecified atom stereocenters. The number of benzene rings is 1. The Morgan fingerprint density at radius 2 is 1.93 bits per heavy atom. The average Bonchev–Trinajstić information content (AvgIpc) is 2.23. The van der Waals surface area contributed by atoms with Crippen LogP contribution < -0.4 is 5.32 Å². The molecule has 0 radical (unpaired) electrons. The van der Waals surface area contributed by atoms with E-state index in [9.17, 15) is 0 Å². The topological polar surface area (TPSA) is 32.3 Å². The van der Waals surface area contributed by atoms with Crippen LogP contribution in [0.1, 0.15) is 12.0 Å². The second kappa shape index (κ2) is 7.07. The van der Waals surface area contributed by atoms with E-state index in [4.69, 9.17) is 28.3 Å². The van der Waals surface area contributed by atoms with Gasteiger partial charge in [-0.2, -0.15) is 0 Å². The minimum atomic E-state index is 0.236. The summed E-state index contributed by atoms with van der Waals surface area (Å²) in [6, 6.07) is 5.67. The summed E-state index contributed by atoms with van der Waals surface area (Å²) in [4.78, 5) is 0. The molecule has 1 rings (SSSR count). The Morgan fingerprint density at radius 1 is 1.13 bits per heavy atom. The van der Waals surface area contributed by atoms with Crippen molar-refractivity contribution in [2.45, 2.75) is 12.8 Å². The number of hydrogen-bond donors (Lipinski definition) is 2. The molecule has 0 aromatic heterocycles. The van der Waals surface area contributed by atoms with Crippen LogP contribution in [0.5, 0.6) is 0 Å². The molecule has 0 saturated carbocycles. The van der Waals surface area contributed by atoms with Gasteiger partial charge in [-0.05, 0) is 43.6 Å². The first-order valence-electron chi connectivity index (χ1n) is 4.99. The van der Waals surface area contributed by atoms with E-state index >= 15 is 0 Å². The van der Waals surface area contributed by atoms with Crippen molar-refractivity contribution >= 4 is 23.2 Å². The zero-order valence-corrected chi connectivity index (χ0v) is 9.98. The van der Waals surface area contributed by atoms with E-state index in [0.29, 0.717) is 10.0 Å². The molecule has 0 bridgehead atoms. The highest BCUT2D eigenvalue weighted by molar-refractivity contribution is 6.42. The van der Waals surface area contributed by atoms with Crippen LogP contribution in [-0.4, -0.2) is 24.8 Å². The first kappa shape index (κ1) is 12.8. The predicted octanol–water partition coefficient (Wildman–Crippen LogP) is 2.51. The van der Waals surface area contributed by atoms with Crippen molar-refractivity contribution in [2.24, 2.45) is 0 Å². The summed E-state index contributed by atoms with van der Waals surface area (Å²) in [6.07, 6.45) is 1.71. The van der Waals surface area contributed by atoms with E-state index < -0.39 is 0 Å². The van der Waals surface area contributed by atoms with Crippen molar-refractivity contribution in [3.05, 3.63) is 33.8 Å². The molecular weight excluding hydrogens is 233 g/mol. The molecule has 0 heterocycles. The highest BCUT2D eigenvalue weighted by Crippen LogP contribution is 2.22. The van der Waals surface area contributed by atoms with Crippen molar-refractivity contribution in [3.8, 4) is 0 Å². The van der Waals surface area contributed by atoms with Gasteiger partial charge in [-0.1, -0.05) is 29.3 Å². The van der Waals surface area contributed by atoms with Crippen molar-refractivity contribution in [1.29, 1.82) is 0 Å². The summed E-state index contributed by atoms with van der Waals surface area (Å²) in [7, 11) is 0. The van der Waals surface area contributed by atoms with E-state index in [1.807, 2.05) is 18.2 Å². The van der Waals surface area contributed by atoms with Crippen LogP contribution in [0.4, 0.5) is 0 Å². The molecule has 15 heavy (non-hydrogen) atoms. The molecule has 0 atom stereocenters. The zero-order chi connectivity index (χ0) is 11.1. The zero-order valence-electron chi connectivity index (χ0n) is 8.47. The van der Waals surface area contributed by atoms with Crippen LogP contribution in [-0.2, 0) is 6.42 Å². The second-order valence-corrected chi connectivity index (χ2v) is 4.14. The first-order valence-corrected chi connectivity index (χ1v) is 5.75. The van der Waals surface area contributed by atoms with Gasteiger partial charge >= 0.3 is 0 Å². The van der Waals surface area contributed by atoms with Crippen molar-refractivity contribution in [2.75, 3.05) is 19.7 Å². The lowest BCUT2D eigenvalue weighted by Crippen LogP contribution is -2.19. The number of halogens is 2. The van der Waals surface area contributed by atoms with Gasteiger partial charge in [-0.3, -0.25) is 0 Å². The van der Waals surface area contributed by atoms with E-state index in [1.54, 1.807) is 0 Å². The monoisotopic (exact) mass is 247 g/mol. The van der Waals surface area contributed by atoms with Crippen LogP contribution in [0.25, 0.3) is 0 Å². The summed E-state index contributed by atoms with van der Waals surface area (Å²) in [5.74, 6) is 0. The largest absolute Gasteiger partial charge is 0.396 e. The van der Waals surface area contributed by atoms with E-state index in [-0.39, 0.29) is 6.61 Å². The molecule has 2 N–H and O–H groups in total. The number of aliphatic hydroxyl groups is 1. The predicted molar refractivity (Wildman–Crippen MR) is 64.7 cm³/mol. The molecule has 1 aromatic carbocycles. The minimum absolute atomic E-state index is 0.236. The van der Waals surface area contributed by atoms with Crippen LogP contribution >= 0.6 is 23.2 Å². The molecule has 0 spiro atoms. The molecular formula is C11H15Cl2NO. The van der Waals surface area contributed by atoms with Gasteiger partial charge in [0.1, 0.15) is 0 Å². The quantitative estimate of drug-likeness (QED) is 0.758. The van der Waals surface area contributed by atoms with Gasteiger partial charge in [0, 0.05) is 6.61 Å². The van der Waals surface area contributed by atoms with Crippen molar-refractivity contribution < 1.29 is 5.11 Å². The van der Waals surface area contributed by atoms with Gasteiger partial charge in [0.05, 0.1) is 10.0 Å². The molecule has 2 nitrogen and oxygen atoms in total. The number of nitrogens with one attached hydrogen (secondary N) is 1. The SMILES string of the molecule is OCCCNCCc1ccc(Cl)c(Cl)c1. The molecule has 0 aliphatic carbocycles. The Kier molecular flexibility index (Phi) is 6.03. The van der Waals surface area contributed by atoms with Gasteiger partial charge < -0.3 is 10.4 Å². The minimum Gasteiger partial charge on any atom is -0.396 e. The van der Waals surface area contributed by atoms with Gasteiger partial charge in [-0.25, -0.2) is 0 Å². The van der Waals surface area contributed by atoms with Gasteiger partial charge in [0.25, 0.3) is 0 Å². The number of hydrogen-bond acceptors (Lipinski definition) is 2. The van der Waals surface area contributed by atoms with Crippen molar-refractivity contribution in [1.82, 2.24) is 5.32 Å². The lowest BCUT2D eigenvalue weighted by Gasteiger charge is -2.04.